The van der Waals surface area contributed by atoms with Crippen molar-refractivity contribution in [2.24, 2.45) is 0 Å². The average molecular weight is 531 g/mol. The van der Waals surface area contributed by atoms with Crippen molar-refractivity contribution in [2.45, 2.75) is 58.8 Å². The van der Waals surface area contributed by atoms with E-state index in [0.717, 1.165) is 37.2 Å². The summed E-state index contributed by atoms with van der Waals surface area (Å²) in [6, 6.07) is 5.77. The molecule has 0 fully saturated rings. The van der Waals surface area contributed by atoms with Crippen molar-refractivity contribution < 1.29 is 29.3 Å². The highest BCUT2D eigenvalue weighted by Gasteiger charge is 2.56. The van der Waals surface area contributed by atoms with E-state index in [2.05, 4.69) is 15.5 Å². The van der Waals surface area contributed by atoms with E-state index in [0.29, 0.717) is 12.2 Å². The van der Waals surface area contributed by atoms with Gasteiger partial charge in [-0.3, -0.25) is 18.8 Å². The van der Waals surface area contributed by atoms with Crippen LogP contribution in [0.4, 0.5) is 0 Å². The molecule has 10 heteroatoms. The number of phenolic OH excluding ortho intramolecular Hbond substituents is 2. The molecule has 3 heterocycles. The molecule has 1 atom stereocenters. The van der Waals surface area contributed by atoms with Gasteiger partial charge in [0.15, 0.2) is 23.0 Å². The molecular formula is C29H30N4O6. The van der Waals surface area contributed by atoms with Crippen molar-refractivity contribution in [3.05, 3.63) is 70.0 Å². The second kappa shape index (κ2) is 9.68. The summed E-state index contributed by atoms with van der Waals surface area (Å²) in [7, 11) is 0. The molecule has 2 aliphatic rings. The summed E-state index contributed by atoms with van der Waals surface area (Å²) in [4.78, 5) is 39.2. The molecule has 3 aromatic rings. The van der Waals surface area contributed by atoms with Gasteiger partial charge in [-0.25, -0.2) is 0 Å². The lowest BCUT2D eigenvalue weighted by molar-refractivity contribution is -0.123. The highest BCUT2D eigenvalue weighted by molar-refractivity contribution is 6.31. The zero-order valence-corrected chi connectivity index (χ0v) is 22.3. The molecule has 0 saturated heterocycles. The fourth-order valence-corrected chi connectivity index (χ4v) is 5.37. The second-order valence-electron chi connectivity index (χ2n) is 10.2. The van der Waals surface area contributed by atoms with Crippen molar-refractivity contribution in [3.8, 4) is 17.2 Å². The SMILES string of the molecule is CC(=O)c1c(O)c(C)c(O)c2c1OC1=CC(=O)/C(=C(/C)NCCCCCc3nnc4ccccn34)C(=O)[C@]12C. The Kier molecular flexibility index (Phi) is 6.49. The number of carbonyl (C=O) groups excluding carboxylic acids is 3. The number of phenols is 2. The fraction of sp³-hybridized carbons (Fsp3) is 0.345. The van der Waals surface area contributed by atoms with Crippen molar-refractivity contribution in [2.75, 3.05) is 6.54 Å². The van der Waals surface area contributed by atoms with E-state index >= 15 is 0 Å². The molecule has 5 rings (SSSR count). The molecule has 0 unspecified atom stereocenters. The topological polar surface area (TPSA) is 143 Å². The number of hydrogen-bond donors (Lipinski definition) is 3. The molecule has 10 nitrogen and oxygen atoms in total. The minimum Gasteiger partial charge on any atom is -0.507 e. The first-order valence-corrected chi connectivity index (χ1v) is 12.9. The third-order valence-electron chi connectivity index (χ3n) is 7.61. The van der Waals surface area contributed by atoms with Crippen LogP contribution in [0.1, 0.15) is 67.3 Å². The molecular weight excluding hydrogens is 500 g/mol. The number of Topliss-reactive ketones (excluding diaryl/α,β-unsaturated/α-hetero) is 2. The number of aromatic hydroxyl groups is 2. The lowest BCUT2D eigenvalue weighted by Crippen LogP contribution is -2.41. The third kappa shape index (κ3) is 4.07. The summed E-state index contributed by atoms with van der Waals surface area (Å²) < 4.78 is 7.77. The van der Waals surface area contributed by atoms with E-state index in [1.165, 1.54) is 19.9 Å². The number of unbranched alkanes of at least 4 members (excludes halogenated alkanes) is 2. The van der Waals surface area contributed by atoms with Gasteiger partial charge in [-0.15, -0.1) is 10.2 Å². The summed E-state index contributed by atoms with van der Waals surface area (Å²) in [5.41, 5.74) is -0.279. The number of hydrogen-bond acceptors (Lipinski definition) is 9. The van der Waals surface area contributed by atoms with E-state index in [1.807, 2.05) is 28.8 Å². The number of carbonyl (C=O) groups is 3. The molecule has 0 bridgehead atoms. The Morgan fingerprint density at radius 3 is 2.62 bits per heavy atom. The Labute approximate surface area is 225 Å². The number of allylic oxidation sites excluding steroid dienone is 4. The Bertz CT molecular complexity index is 1620. The summed E-state index contributed by atoms with van der Waals surface area (Å²) in [6.07, 6.45) is 6.59. The second-order valence-corrected chi connectivity index (χ2v) is 10.2. The van der Waals surface area contributed by atoms with Crippen LogP contribution in [0.25, 0.3) is 5.65 Å². The number of pyridine rings is 1. The van der Waals surface area contributed by atoms with Gasteiger partial charge < -0.3 is 20.3 Å². The lowest BCUT2D eigenvalue weighted by atomic mass is 9.70. The standard InChI is InChI=1S/C29H30N4O6/c1-15-25(36)23(17(3)34)27-24(26(15)37)29(4)19(39-27)14-18(35)22(28(29)38)16(2)30-12-8-5-6-10-20-31-32-21-11-7-9-13-33(20)21/h7,9,11,13-14,30,36-37H,5-6,8,10,12H2,1-4H3/b22-16+/t29-/m1/s1. The number of nitrogens with zero attached hydrogens (tertiary/aromatic N) is 3. The van der Waals surface area contributed by atoms with E-state index in [1.54, 1.807) is 13.8 Å². The Hall–Kier alpha value is -4.47. The largest absolute Gasteiger partial charge is 0.507 e. The van der Waals surface area contributed by atoms with E-state index < -0.39 is 28.5 Å². The van der Waals surface area contributed by atoms with E-state index in [9.17, 15) is 24.6 Å². The highest BCUT2D eigenvalue weighted by Crippen LogP contribution is 2.57. The summed E-state index contributed by atoms with van der Waals surface area (Å²) in [5, 5.41) is 33.0. The van der Waals surface area contributed by atoms with Crippen LogP contribution in [0.3, 0.4) is 0 Å². The van der Waals surface area contributed by atoms with Gasteiger partial charge in [0.1, 0.15) is 39.8 Å². The number of rotatable bonds is 8. The van der Waals surface area contributed by atoms with Gasteiger partial charge in [0.2, 0.25) is 0 Å². The molecule has 0 spiro atoms. The normalized spacial score (nSPS) is 19.4. The molecule has 2 aromatic heterocycles. The van der Waals surface area contributed by atoms with Gasteiger partial charge in [-0.05, 0) is 52.7 Å². The van der Waals surface area contributed by atoms with Gasteiger partial charge in [-0.2, -0.15) is 0 Å². The average Bonchev–Trinajstić information content (AvgIpc) is 3.44. The number of nitrogens with one attached hydrogen (secondary N) is 1. The summed E-state index contributed by atoms with van der Waals surface area (Å²) >= 11 is 0. The minimum absolute atomic E-state index is 0.0212. The molecule has 1 aromatic carbocycles. The maximum Gasteiger partial charge on any atom is 0.194 e. The van der Waals surface area contributed by atoms with Crippen LogP contribution in [0.2, 0.25) is 0 Å². The maximum absolute atomic E-state index is 13.8. The van der Waals surface area contributed by atoms with E-state index in [-0.39, 0.29) is 39.5 Å². The summed E-state index contributed by atoms with van der Waals surface area (Å²) in [6.45, 7) is 6.50. The lowest BCUT2D eigenvalue weighted by Gasteiger charge is -2.29. The van der Waals surface area contributed by atoms with Gasteiger partial charge in [0, 0.05) is 36.5 Å². The summed E-state index contributed by atoms with van der Waals surface area (Å²) in [5.74, 6) is -1.46. The van der Waals surface area contributed by atoms with Gasteiger partial charge in [0.25, 0.3) is 0 Å². The molecule has 1 aliphatic heterocycles. The predicted molar refractivity (Wildman–Crippen MR) is 142 cm³/mol. The van der Waals surface area contributed by atoms with Crippen molar-refractivity contribution >= 4 is 23.0 Å². The van der Waals surface area contributed by atoms with Crippen LogP contribution in [0.5, 0.6) is 17.2 Å². The zero-order chi connectivity index (χ0) is 28.1. The van der Waals surface area contributed by atoms with Crippen LogP contribution in [-0.4, -0.2) is 48.7 Å². The van der Waals surface area contributed by atoms with Crippen molar-refractivity contribution in [1.82, 2.24) is 19.9 Å². The smallest absolute Gasteiger partial charge is 0.194 e. The van der Waals surface area contributed by atoms with E-state index in [4.69, 9.17) is 4.74 Å². The van der Waals surface area contributed by atoms with Crippen LogP contribution < -0.4 is 10.1 Å². The van der Waals surface area contributed by atoms with Gasteiger partial charge in [-0.1, -0.05) is 12.5 Å². The molecule has 0 saturated carbocycles. The zero-order valence-electron chi connectivity index (χ0n) is 22.3. The van der Waals surface area contributed by atoms with Gasteiger partial charge in [0.05, 0.1) is 11.1 Å². The minimum atomic E-state index is -1.52. The molecule has 39 heavy (non-hydrogen) atoms. The highest BCUT2D eigenvalue weighted by atomic mass is 16.5. The number of aryl methyl sites for hydroxylation is 1. The molecule has 0 radical (unpaired) electrons. The first-order valence-electron chi connectivity index (χ1n) is 12.9. The fourth-order valence-electron chi connectivity index (χ4n) is 5.37. The number of ether oxygens (including phenoxy) is 1. The van der Waals surface area contributed by atoms with Crippen molar-refractivity contribution in [3.63, 3.8) is 0 Å². The molecule has 0 amide bonds. The van der Waals surface area contributed by atoms with Gasteiger partial charge >= 0.3 is 0 Å². The Balaban J connectivity index is 1.31. The van der Waals surface area contributed by atoms with Crippen LogP contribution in [0, 0.1) is 6.92 Å². The number of ketones is 3. The Morgan fingerprint density at radius 1 is 1.10 bits per heavy atom. The molecule has 3 N–H and O–H groups in total. The van der Waals surface area contributed by atoms with Crippen LogP contribution >= 0.6 is 0 Å². The quantitative estimate of drug-likeness (QED) is 0.172. The first kappa shape index (κ1) is 26.1. The monoisotopic (exact) mass is 530 g/mol. The molecule has 202 valence electrons. The van der Waals surface area contributed by atoms with Crippen LogP contribution in [0.15, 0.2) is 47.5 Å². The number of fused-ring (bicyclic) bond motifs is 4. The van der Waals surface area contributed by atoms with Crippen molar-refractivity contribution in [1.29, 1.82) is 0 Å². The predicted octanol–water partition coefficient (Wildman–Crippen LogP) is 3.61. The number of benzene rings is 1. The van der Waals surface area contributed by atoms with Crippen LogP contribution in [-0.2, 0) is 21.4 Å². The number of aromatic nitrogens is 3. The maximum atomic E-state index is 13.8. The Morgan fingerprint density at radius 2 is 1.87 bits per heavy atom. The first-order chi connectivity index (χ1) is 18.6. The molecule has 1 aliphatic carbocycles. The third-order valence-corrected chi connectivity index (χ3v) is 7.61.